The Morgan fingerprint density at radius 1 is 1.08 bits per heavy atom. The molecule has 0 radical (unpaired) electrons. The predicted octanol–water partition coefficient (Wildman–Crippen LogP) is 1.28. The topological polar surface area (TPSA) is 105 Å². The molecule has 0 aromatic heterocycles. The second-order valence-corrected chi connectivity index (χ2v) is 5.90. The highest BCUT2D eigenvalue weighted by Crippen LogP contribution is 2.30. The van der Waals surface area contributed by atoms with Gasteiger partial charge in [-0.15, -0.1) is 0 Å². The van der Waals surface area contributed by atoms with Crippen LogP contribution in [0.5, 0.6) is 5.75 Å². The van der Waals surface area contributed by atoms with Crippen LogP contribution in [0, 0.1) is 11.8 Å². The molecule has 0 spiro atoms. The maximum absolute atomic E-state index is 12.1. The number of ether oxygens (including phenoxy) is 1. The van der Waals surface area contributed by atoms with Gasteiger partial charge in [-0.2, -0.15) is 0 Å². The summed E-state index contributed by atoms with van der Waals surface area (Å²) < 4.78 is 5.04. The summed E-state index contributed by atoms with van der Waals surface area (Å²) in [6, 6.07) is 7.03. The number of methoxy groups -OCH3 is 1. The molecule has 7 nitrogen and oxygen atoms in total. The number of hydrogen-bond donors (Lipinski definition) is 3. The number of carbonyl (C=O) groups is 3. The zero-order valence-corrected chi connectivity index (χ0v) is 13.6. The molecular formula is C17H22N2O5. The molecule has 2 rings (SSSR count). The summed E-state index contributed by atoms with van der Waals surface area (Å²) in [6.07, 6.45) is 2.76. The van der Waals surface area contributed by atoms with E-state index in [4.69, 9.17) is 4.74 Å². The zero-order valence-electron chi connectivity index (χ0n) is 13.6. The van der Waals surface area contributed by atoms with E-state index in [-0.39, 0.29) is 12.3 Å². The van der Waals surface area contributed by atoms with Gasteiger partial charge in [-0.3, -0.25) is 25.2 Å². The Labute approximate surface area is 140 Å². The SMILES string of the molecule is COc1ccc(CC(=O)NNC(=O)C2CCCC[C@@H]2C(=O)O)cc1. The first kappa shape index (κ1) is 17.8. The lowest BCUT2D eigenvalue weighted by Gasteiger charge is -2.27. The molecule has 1 aromatic rings. The third-order valence-electron chi connectivity index (χ3n) is 4.27. The van der Waals surface area contributed by atoms with E-state index < -0.39 is 23.7 Å². The Morgan fingerprint density at radius 3 is 2.29 bits per heavy atom. The van der Waals surface area contributed by atoms with Crippen molar-refractivity contribution < 1.29 is 24.2 Å². The average Bonchev–Trinajstić information content (AvgIpc) is 2.60. The molecule has 0 saturated heterocycles. The van der Waals surface area contributed by atoms with Gasteiger partial charge in [-0.1, -0.05) is 25.0 Å². The van der Waals surface area contributed by atoms with Crippen LogP contribution in [0.15, 0.2) is 24.3 Å². The molecule has 0 aliphatic heterocycles. The molecule has 24 heavy (non-hydrogen) atoms. The number of carboxylic acids is 1. The zero-order chi connectivity index (χ0) is 17.5. The number of carboxylic acid groups (broad SMARTS) is 1. The third kappa shape index (κ3) is 4.71. The Morgan fingerprint density at radius 2 is 1.71 bits per heavy atom. The van der Waals surface area contributed by atoms with Crippen LogP contribution in [0.1, 0.15) is 31.2 Å². The Bertz CT molecular complexity index is 600. The minimum absolute atomic E-state index is 0.108. The lowest BCUT2D eigenvalue weighted by Crippen LogP contribution is -2.48. The minimum atomic E-state index is -0.959. The van der Waals surface area contributed by atoms with Crippen LogP contribution in [0.4, 0.5) is 0 Å². The first-order valence-electron chi connectivity index (χ1n) is 7.95. The van der Waals surface area contributed by atoms with Crippen molar-refractivity contribution in [1.29, 1.82) is 0 Å². The third-order valence-corrected chi connectivity index (χ3v) is 4.27. The number of benzene rings is 1. The van der Waals surface area contributed by atoms with Crippen LogP contribution in [0.2, 0.25) is 0 Å². The summed E-state index contributed by atoms with van der Waals surface area (Å²) >= 11 is 0. The van der Waals surface area contributed by atoms with Crippen molar-refractivity contribution in [2.45, 2.75) is 32.1 Å². The molecule has 0 bridgehead atoms. The molecule has 1 fully saturated rings. The van der Waals surface area contributed by atoms with E-state index in [1.54, 1.807) is 31.4 Å². The van der Waals surface area contributed by atoms with Crippen molar-refractivity contribution in [3.8, 4) is 5.75 Å². The summed E-state index contributed by atoms with van der Waals surface area (Å²) in [5.74, 6) is -2.35. The van der Waals surface area contributed by atoms with Crippen LogP contribution in [-0.2, 0) is 20.8 Å². The number of rotatable bonds is 5. The maximum atomic E-state index is 12.1. The minimum Gasteiger partial charge on any atom is -0.497 e. The molecule has 7 heteroatoms. The van der Waals surface area contributed by atoms with Crippen LogP contribution in [0.25, 0.3) is 0 Å². The van der Waals surface area contributed by atoms with Gasteiger partial charge in [0.2, 0.25) is 11.8 Å². The van der Waals surface area contributed by atoms with Crippen molar-refractivity contribution in [1.82, 2.24) is 10.9 Å². The molecule has 0 heterocycles. The molecule has 1 unspecified atom stereocenters. The summed E-state index contributed by atoms with van der Waals surface area (Å²) in [4.78, 5) is 35.3. The fourth-order valence-corrected chi connectivity index (χ4v) is 2.94. The number of aliphatic carboxylic acids is 1. The number of nitrogens with one attached hydrogen (secondary N) is 2. The maximum Gasteiger partial charge on any atom is 0.307 e. The van der Waals surface area contributed by atoms with Crippen LogP contribution >= 0.6 is 0 Å². The van der Waals surface area contributed by atoms with Crippen molar-refractivity contribution in [3.63, 3.8) is 0 Å². The molecule has 3 N–H and O–H groups in total. The molecular weight excluding hydrogens is 312 g/mol. The van der Waals surface area contributed by atoms with E-state index >= 15 is 0 Å². The lowest BCUT2D eigenvalue weighted by molar-refractivity contribution is -0.149. The van der Waals surface area contributed by atoms with Crippen LogP contribution < -0.4 is 15.6 Å². The molecule has 1 aliphatic rings. The van der Waals surface area contributed by atoms with E-state index in [0.717, 1.165) is 18.4 Å². The van der Waals surface area contributed by atoms with Gasteiger partial charge in [0.15, 0.2) is 0 Å². The van der Waals surface area contributed by atoms with Gasteiger partial charge in [0.25, 0.3) is 0 Å². The number of hydrazine groups is 1. The smallest absolute Gasteiger partial charge is 0.307 e. The second-order valence-electron chi connectivity index (χ2n) is 5.90. The molecule has 130 valence electrons. The summed E-state index contributed by atoms with van der Waals surface area (Å²) in [6.45, 7) is 0. The Balaban J connectivity index is 1.83. The highest BCUT2D eigenvalue weighted by molar-refractivity contribution is 5.87. The van der Waals surface area contributed by atoms with Crippen LogP contribution in [0.3, 0.4) is 0 Å². The molecule has 2 atom stereocenters. The highest BCUT2D eigenvalue weighted by atomic mass is 16.5. The Hall–Kier alpha value is -2.57. The second kappa shape index (κ2) is 8.33. The van der Waals surface area contributed by atoms with Gasteiger partial charge in [0.1, 0.15) is 5.75 Å². The van der Waals surface area contributed by atoms with Crippen molar-refractivity contribution >= 4 is 17.8 Å². The van der Waals surface area contributed by atoms with E-state index in [9.17, 15) is 19.5 Å². The number of amides is 2. The van der Waals surface area contributed by atoms with E-state index in [1.807, 2.05) is 0 Å². The molecule has 2 amide bonds. The fraction of sp³-hybridized carbons (Fsp3) is 0.471. The quantitative estimate of drug-likeness (QED) is 0.704. The standard InChI is InChI=1S/C17H22N2O5/c1-24-12-8-6-11(7-9-12)10-15(20)18-19-16(21)13-4-2-3-5-14(13)17(22)23/h6-9,13-14H,2-5,10H2,1H3,(H,18,20)(H,19,21)(H,22,23)/t13?,14-/m0/s1. The summed E-state index contributed by atoms with van der Waals surface area (Å²) in [5, 5.41) is 9.19. The van der Waals surface area contributed by atoms with E-state index in [1.165, 1.54) is 0 Å². The molecule has 1 saturated carbocycles. The first-order chi connectivity index (χ1) is 11.5. The highest BCUT2D eigenvalue weighted by Gasteiger charge is 2.35. The van der Waals surface area contributed by atoms with Gasteiger partial charge in [-0.25, -0.2) is 0 Å². The van der Waals surface area contributed by atoms with E-state index in [0.29, 0.717) is 18.6 Å². The molecule has 1 aliphatic carbocycles. The Kier molecular flexibility index (Phi) is 6.17. The molecule has 1 aromatic carbocycles. The summed E-state index contributed by atoms with van der Waals surface area (Å²) in [7, 11) is 1.56. The predicted molar refractivity (Wildman–Crippen MR) is 86.1 cm³/mol. The lowest BCUT2D eigenvalue weighted by atomic mass is 9.79. The van der Waals surface area contributed by atoms with E-state index in [2.05, 4.69) is 10.9 Å². The van der Waals surface area contributed by atoms with Gasteiger partial charge in [0, 0.05) is 0 Å². The van der Waals surface area contributed by atoms with Gasteiger partial charge in [0.05, 0.1) is 25.4 Å². The summed E-state index contributed by atoms with van der Waals surface area (Å²) in [5.41, 5.74) is 5.49. The van der Waals surface area contributed by atoms with Crippen molar-refractivity contribution in [2.75, 3.05) is 7.11 Å². The van der Waals surface area contributed by atoms with Gasteiger partial charge in [-0.05, 0) is 30.5 Å². The van der Waals surface area contributed by atoms with Crippen molar-refractivity contribution in [2.24, 2.45) is 11.8 Å². The fourth-order valence-electron chi connectivity index (χ4n) is 2.94. The van der Waals surface area contributed by atoms with Crippen molar-refractivity contribution in [3.05, 3.63) is 29.8 Å². The largest absolute Gasteiger partial charge is 0.497 e. The normalized spacial score (nSPS) is 20.0. The first-order valence-corrected chi connectivity index (χ1v) is 7.95. The number of carbonyl (C=O) groups excluding carboxylic acids is 2. The monoisotopic (exact) mass is 334 g/mol. The van der Waals surface area contributed by atoms with Gasteiger partial charge >= 0.3 is 5.97 Å². The number of hydrogen-bond acceptors (Lipinski definition) is 4. The van der Waals surface area contributed by atoms with Crippen LogP contribution in [-0.4, -0.2) is 30.0 Å². The average molecular weight is 334 g/mol. The van der Waals surface area contributed by atoms with Gasteiger partial charge < -0.3 is 9.84 Å².